The van der Waals surface area contributed by atoms with E-state index in [-0.39, 0.29) is 0 Å². The summed E-state index contributed by atoms with van der Waals surface area (Å²) in [7, 11) is 1.29. The van der Waals surface area contributed by atoms with Gasteiger partial charge in [-0.25, -0.2) is 4.79 Å². The van der Waals surface area contributed by atoms with Crippen LogP contribution in [-0.2, 0) is 9.53 Å². The van der Waals surface area contributed by atoms with Gasteiger partial charge in [0.15, 0.2) is 0 Å². The minimum Gasteiger partial charge on any atom is -0.467 e. The van der Waals surface area contributed by atoms with Gasteiger partial charge in [-0.15, -0.1) is 6.58 Å². The van der Waals surface area contributed by atoms with Crippen LogP contribution in [0.15, 0.2) is 12.7 Å². The number of ether oxygens (including phenoxy) is 1. The molecule has 0 aliphatic heterocycles. The lowest BCUT2D eigenvalue weighted by Crippen LogP contribution is -2.43. The molecule has 0 fully saturated rings. The zero-order chi connectivity index (χ0) is 7.49. The molecule has 2 N–H and O–H groups in total. The molecule has 0 aromatic heterocycles. The summed E-state index contributed by atoms with van der Waals surface area (Å²) in [5.74, 6) is -0.475. The summed E-state index contributed by atoms with van der Waals surface area (Å²) in [4.78, 5) is 10.6. The maximum Gasteiger partial charge on any atom is 0.329 e. The van der Waals surface area contributed by atoms with Gasteiger partial charge in [0, 0.05) is 0 Å². The number of nitrogens with two attached hydrogens (primary N) is 1. The van der Waals surface area contributed by atoms with Crippen LogP contribution in [0.1, 0.15) is 6.92 Å². The van der Waals surface area contributed by atoms with E-state index in [4.69, 9.17) is 5.73 Å². The van der Waals surface area contributed by atoms with E-state index >= 15 is 0 Å². The molecule has 0 saturated carbocycles. The number of carbonyl (C=O) groups excluding carboxylic acids is 1. The Bertz CT molecular complexity index is 129. The molecule has 0 aromatic carbocycles. The quantitative estimate of drug-likeness (QED) is 0.424. The van der Waals surface area contributed by atoms with Gasteiger partial charge >= 0.3 is 5.97 Å². The maximum absolute atomic E-state index is 10.6. The van der Waals surface area contributed by atoms with E-state index in [1.807, 2.05) is 0 Å². The first-order valence-electron chi connectivity index (χ1n) is 2.55. The van der Waals surface area contributed by atoms with E-state index in [1.54, 1.807) is 0 Å². The molecule has 0 saturated heterocycles. The largest absolute Gasteiger partial charge is 0.467 e. The first-order valence-corrected chi connectivity index (χ1v) is 2.55. The zero-order valence-electron chi connectivity index (χ0n) is 5.68. The molecule has 1 unspecified atom stereocenters. The Morgan fingerprint density at radius 2 is 2.33 bits per heavy atom. The lowest BCUT2D eigenvalue weighted by molar-refractivity contribution is -0.144. The minimum absolute atomic E-state index is 0.475. The summed E-state index contributed by atoms with van der Waals surface area (Å²) >= 11 is 0. The first-order chi connectivity index (χ1) is 4.04. The number of hydrogen-bond acceptors (Lipinski definition) is 3. The number of carbonyl (C=O) groups is 1. The fourth-order valence-corrected chi connectivity index (χ4v) is 0.303. The highest BCUT2D eigenvalue weighted by atomic mass is 16.5. The molecule has 1 atom stereocenters. The molecule has 0 rings (SSSR count). The summed E-state index contributed by atoms with van der Waals surface area (Å²) < 4.78 is 4.37. The topological polar surface area (TPSA) is 52.3 Å². The third-order valence-corrected chi connectivity index (χ3v) is 1.05. The normalized spacial score (nSPS) is 15.9. The molecular formula is C6H11NO2. The molecular weight excluding hydrogens is 118 g/mol. The average molecular weight is 129 g/mol. The molecule has 3 nitrogen and oxygen atoms in total. The van der Waals surface area contributed by atoms with Crippen LogP contribution in [0.5, 0.6) is 0 Å². The van der Waals surface area contributed by atoms with E-state index in [9.17, 15) is 4.79 Å². The van der Waals surface area contributed by atoms with Crippen LogP contribution in [0.4, 0.5) is 0 Å². The van der Waals surface area contributed by atoms with E-state index in [1.165, 1.54) is 20.1 Å². The third-order valence-electron chi connectivity index (χ3n) is 1.05. The predicted octanol–water partition coefficient (Wildman–Crippen LogP) is 0.0628. The van der Waals surface area contributed by atoms with Gasteiger partial charge < -0.3 is 10.5 Å². The van der Waals surface area contributed by atoms with Crippen molar-refractivity contribution in [2.45, 2.75) is 12.5 Å². The molecule has 0 heterocycles. The number of methoxy groups -OCH3 is 1. The van der Waals surface area contributed by atoms with Gasteiger partial charge in [-0.05, 0) is 6.92 Å². The second-order valence-corrected chi connectivity index (χ2v) is 1.98. The number of hydrogen-bond donors (Lipinski definition) is 1. The van der Waals surface area contributed by atoms with Crippen molar-refractivity contribution < 1.29 is 9.53 Å². The highest BCUT2D eigenvalue weighted by molar-refractivity contribution is 5.82. The fourth-order valence-electron chi connectivity index (χ4n) is 0.303. The predicted molar refractivity (Wildman–Crippen MR) is 34.8 cm³/mol. The fraction of sp³-hybridized carbons (Fsp3) is 0.500. The van der Waals surface area contributed by atoms with Crippen molar-refractivity contribution in [1.29, 1.82) is 0 Å². The van der Waals surface area contributed by atoms with Gasteiger partial charge in [-0.1, -0.05) is 6.08 Å². The third kappa shape index (κ3) is 1.85. The summed E-state index contributed by atoms with van der Waals surface area (Å²) in [6, 6.07) is 0. The van der Waals surface area contributed by atoms with Crippen LogP contribution >= 0.6 is 0 Å². The summed E-state index contributed by atoms with van der Waals surface area (Å²) in [5, 5.41) is 0. The van der Waals surface area contributed by atoms with Crippen LogP contribution in [0.25, 0.3) is 0 Å². The van der Waals surface area contributed by atoms with Crippen molar-refractivity contribution in [1.82, 2.24) is 0 Å². The molecule has 0 radical (unpaired) electrons. The summed E-state index contributed by atoms with van der Waals surface area (Å²) in [6.45, 7) is 4.91. The Kier molecular flexibility index (Phi) is 2.40. The Morgan fingerprint density at radius 1 is 1.89 bits per heavy atom. The maximum atomic E-state index is 10.6. The van der Waals surface area contributed by atoms with Gasteiger partial charge in [0.25, 0.3) is 0 Å². The molecule has 0 aliphatic rings. The Labute approximate surface area is 54.5 Å². The molecule has 3 heteroatoms. The smallest absolute Gasteiger partial charge is 0.329 e. The Hall–Kier alpha value is -0.830. The Morgan fingerprint density at radius 3 is 2.44 bits per heavy atom. The molecule has 9 heavy (non-hydrogen) atoms. The van der Waals surface area contributed by atoms with E-state index in [0.29, 0.717) is 0 Å². The first kappa shape index (κ1) is 8.17. The van der Waals surface area contributed by atoms with Gasteiger partial charge in [-0.2, -0.15) is 0 Å². The van der Waals surface area contributed by atoms with E-state index in [2.05, 4.69) is 11.3 Å². The van der Waals surface area contributed by atoms with Crippen molar-refractivity contribution in [3.8, 4) is 0 Å². The van der Waals surface area contributed by atoms with Crippen molar-refractivity contribution in [3.63, 3.8) is 0 Å². The monoisotopic (exact) mass is 129 g/mol. The van der Waals surface area contributed by atoms with Crippen molar-refractivity contribution >= 4 is 5.97 Å². The molecule has 52 valence electrons. The Balaban J connectivity index is 4.14. The van der Waals surface area contributed by atoms with Gasteiger partial charge in [0.05, 0.1) is 7.11 Å². The van der Waals surface area contributed by atoms with Crippen LogP contribution in [0.3, 0.4) is 0 Å². The highest BCUT2D eigenvalue weighted by Gasteiger charge is 2.24. The second-order valence-electron chi connectivity index (χ2n) is 1.98. The van der Waals surface area contributed by atoms with Gasteiger partial charge in [-0.3, -0.25) is 0 Å². The van der Waals surface area contributed by atoms with Crippen LogP contribution < -0.4 is 5.73 Å². The molecule has 0 aliphatic carbocycles. The van der Waals surface area contributed by atoms with Crippen LogP contribution in [0.2, 0.25) is 0 Å². The molecule has 0 bridgehead atoms. The van der Waals surface area contributed by atoms with Crippen LogP contribution in [-0.4, -0.2) is 18.6 Å². The highest BCUT2D eigenvalue weighted by Crippen LogP contribution is 2.00. The number of esters is 1. The van der Waals surface area contributed by atoms with Crippen molar-refractivity contribution in [3.05, 3.63) is 12.7 Å². The summed E-state index contributed by atoms with van der Waals surface area (Å²) in [6.07, 6.45) is 1.35. The SMILES string of the molecule is C=CC(C)(N)C(=O)OC. The lowest BCUT2D eigenvalue weighted by atomic mass is 10.1. The zero-order valence-corrected chi connectivity index (χ0v) is 5.68. The molecule has 0 aromatic rings. The average Bonchev–Trinajstić information content (AvgIpc) is 1.86. The summed E-state index contributed by atoms with van der Waals surface area (Å²) in [5.41, 5.74) is 4.33. The second kappa shape index (κ2) is 2.64. The van der Waals surface area contributed by atoms with Crippen molar-refractivity contribution in [2.24, 2.45) is 5.73 Å². The van der Waals surface area contributed by atoms with Crippen LogP contribution in [0, 0.1) is 0 Å². The van der Waals surface area contributed by atoms with Gasteiger partial charge in [0.1, 0.15) is 5.54 Å². The van der Waals surface area contributed by atoms with Crippen molar-refractivity contribution in [2.75, 3.05) is 7.11 Å². The standard InChI is InChI=1S/C6H11NO2/c1-4-6(2,7)5(8)9-3/h4H,1,7H2,2-3H3. The lowest BCUT2D eigenvalue weighted by Gasteiger charge is -2.15. The molecule has 0 spiro atoms. The van der Waals surface area contributed by atoms with E-state index < -0.39 is 11.5 Å². The molecule has 0 amide bonds. The van der Waals surface area contributed by atoms with Gasteiger partial charge in [0.2, 0.25) is 0 Å². The minimum atomic E-state index is -1.05. The number of rotatable bonds is 2. The van der Waals surface area contributed by atoms with E-state index in [0.717, 1.165) is 0 Å².